The highest BCUT2D eigenvalue weighted by atomic mass is 19.2. The van der Waals surface area contributed by atoms with Crippen LogP contribution in [-0.4, -0.2) is 33.0 Å². The first-order chi connectivity index (χ1) is 9.70. The zero-order valence-corrected chi connectivity index (χ0v) is 11.7. The van der Waals surface area contributed by atoms with Crippen molar-refractivity contribution in [2.45, 2.75) is 31.4 Å². The van der Waals surface area contributed by atoms with Crippen LogP contribution in [0.15, 0.2) is 18.2 Å². The minimum absolute atomic E-state index is 0.166. The second-order valence-corrected chi connectivity index (χ2v) is 5.08. The van der Waals surface area contributed by atoms with E-state index >= 15 is 0 Å². The zero-order chi connectivity index (χ0) is 14.4. The number of halogens is 2. The number of hydrogen-bond donors (Lipinski definition) is 1. The molecule has 1 saturated heterocycles. The van der Waals surface area contributed by atoms with Gasteiger partial charge < -0.3 is 14.8 Å². The van der Waals surface area contributed by atoms with Crippen LogP contribution in [0.3, 0.4) is 0 Å². The summed E-state index contributed by atoms with van der Waals surface area (Å²) in [7, 11) is 1.59. The molecule has 0 bridgehead atoms. The van der Waals surface area contributed by atoms with Gasteiger partial charge >= 0.3 is 0 Å². The van der Waals surface area contributed by atoms with E-state index < -0.39 is 11.6 Å². The lowest BCUT2D eigenvalue weighted by molar-refractivity contribution is 0.0134. The van der Waals surface area contributed by atoms with Crippen molar-refractivity contribution in [1.82, 2.24) is 5.32 Å². The molecule has 0 spiro atoms. The molecule has 0 saturated carbocycles. The van der Waals surface area contributed by atoms with E-state index in [4.69, 9.17) is 9.47 Å². The number of methoxy groups -OCH3 is 1. The third-order valence-corrected chi connectivity index (χ3v) is 3.55. The van der Waals surface area contributed by atoms with Gasteiger partial charge in [-0.15, -0.1) is 0 Å². The van der Waals surface area contributed by atoms with Crippen LogP contribution < -0.4 is 5.32 Å². The molecule has 0 aliphatic carbocycles. The van der Waals surface area contributed by atoms with Crippen molar-refractivity contribution in [1.29, 1.82) is 0 Å². The molecule has 1 aliphatic heterocycles. The van der Waals surface area contributed by atoms with Gasteiger partial charge in [-0.1, -0.05) is 6.07 Å². The van der Waals surface area contributed by atoms with Crippen molar-refractivity contribution in [2.24, 2.45) is 0 Å². The summed E-state index contributed by atoms with van der Waals surface area (Å²) in [6.07, 6.45) is 3.51. The SMILES string of the molecule is COC[C@H](NC[C@H]1CCCCO1)c1ccc(F)c(F)c1. The summed E-state index contributed by atoms with van der Waals surface area (Å²) in [5.74, 6) is -1.67. The van der Waals surface area contributed by atoms with Gasteiger partial charge in [0.1, 0.15) is 0 Å². The van der Waals surface area contributed by atoms with Crippen molar-refractivity contribution >= 4 is 0 Å². The van der Waals surface area contributed by atoms with E-state index in [-0.39, 0.29) is 12.1 Å². The maximum atomic E-state index is 13.3. The smallest absolute Gasteiger partial charge is 0.159 e. The molecule has 1 aromatic rings. The van der Waals surface area contributed by atoms with Gasteiger partial charge in [0.15, 0.2) is 11.6 Å². The molecule has 5 heteroatoms. The molecule has 1 aromatic carbocycles. The first-order valence-corrected chi connectivity index (χ1v) is 6.99. The number of ether oxygens (including phenoxy) is 2. The summed E-state index contributed by atoms with van der Waals surface area (Å²) >= 11 is 0. The van der Waals surface area contributed by atoms with Crippen molar-refractivity contribution in [3.05, 3.63) is 35.4 Å². The predicted molar refractivity (Wildman–Crippen MR) is 72.6 cm³/mol. The van der Waals surface area contributed by atoms with Gasteiger partial charge in [0.2, 0.25) is 0 Å². The molecule has 1 fully saturated rings. The molecular formula is C15H21F2NO2. The van der Waals surface area contributed by atoms with E-state index in [1.165, 1.54) is 12.5 Å². The Hall–Kier alpha value is -1.04. The van der Waals surface area contributed by atoms with Crippen LogP contribution in [0.2, 0.25) is 0 Å². The average Bonchev–Trinajstić information content (AvgIpc) is 2.47. The second-order valence-electron chi connectivity index (χ2n) is 5.08. The minimum Gasteiger partial charge on any atom is -0.383 e. The molecule has 0 amide bonds. The van der Waals surface area contributed by atoms with Crippen LogP contribution >= 0.6 is 0 Å². The zero-order valence-electron chi connectivity index (χ0n) is 11.7. The van der Waals surface area contributed by atoms with Gasteiger partial charge in [-0.05, 0) is 37.0 Å². The molecule has 2 rings (SSSR count). The van der Waals surface area contributed by atoms with Crippen LogP contribution in [0.4, 0.5) is 8.78 Å². The van der Waals surface area contributed by atoms with Crippen LogP contribution in [-0.2, 0) is 9.47 Å². The van der Waals surface area contributed by atoms with Crippen molar-refractivity contribution in [2.75, 3.05) is 26.9 Å². The molecule has 1 N–H and O–H groups in total. The fourth-order valence-electron chi connectivity index (χ4n) is 2.41. The van der Waals surface area contributed by atoms with E-state index in [0.717, 1.165) is 25.5 Å². The highest BCUT2D eigenvalue weighted by Gasteiger charge is 2.18. The summed E-state index contributed by atoms with van der Waals surface area (Å²) in [5, 5.41) is 3.31. The van der Waals surface area contributed by atoms with E-state index in [9.17, 15) is 8.78 Å². The van der Waals surface area contributed by atoms with Gasteiger partial charge in [0.05, 0.1) is 18.8 Å². The lowest BCUT2D eigenvalue weighted by Crippen LogP contribution is -2.35. The lowest BCUT2D eigenvalue weighted by Gasteiger charge is -2.26. The third kappa shape index (κ3) is 4.23. The number of rotatable bonds is 6. The number of nitrogens with one attached hydrogen (secondary N) is 1. The fourth-order valence-corrected chi connectivity index (χ4v) is 2.41. The van der Waals surface area contributed by atoms with E-state index in [1.807, 2.05) is 0 Å². The Morgan fingerprint density at radius 3 is 2.85 bits per heavy atom. The van der Waals surface area contributed by atoms with Gasteiger partial charge in [-0.3, -0.25) is 0 Å². The molecule has 20 heavy (non-hydrogen) atoms. The normalized spacial score (nSPS) is 20.9. The van der Waals surface area contributed by atoms with Crippen molar-refractivity contribution in [3.8, 4) is 0 Å². The van der Waals surface area contributed by atoms with E-state index in [2.05, 4.69) is 5.32 Å². The maximum absolute atomic E-state index is 13.3. The Morgan fingerprint density at radius 2 is 2.20 bits per heavy atom. The molecule has 0 unspecified atom stereocenters. The Balaban J connectivity index is 1.96. The average molecular weight is 285 g/mol. The summed E-state index contributed by atoms with van der Waals surface area (Å²) in [5.41, 5.74) is 0.682. The summed E-state index contributed by atoms with van der Waals surface area (Å²) < 4.78 is 37.1. The highest BCUT2D eigenvalue weighted by Crippen LogP contribution is 2.18. The molecule has 2 atom stereocenters. The van der Waals surface area contributed by atoms with Gasteiger partial charge in [-0.2, -0.15) is 0 Å². The van der Waals surface area contributed by atoms with Crippen molar-refractivity contribution < 1.29 is 18.3 Å². The van der Waals surface area contributed by atoms with Crippen LogP contribution in [0, 0.1) is 11.6 Å². The molecule has 112 valence electrons. The lowest BCUT2D eigenvalue weighted by atomic mass is 10.1. The fraction of sp³-hybridized carbons (Fsp3) is 0.600. The molecule has 1 heterocycles. The molecular weight excluding hydrogens is 264 g/mol. The topological polar surface area (TPSA) is 30.5 Å². The van der Waals surface area contributed by atoms with Gasteiger partial charge in [0.25, 0.3) is 0 Å². The molecule has 3 nitrogen and oxygen atoms in total. The quantitative estimate of drug-likeness (QED) is 0.872. The predicted octanol–water partition coefficient (Wildman–Crippen LogP) is 2.81. The second kappa shape index (κ2) is 7.67. The van der Waals surface area contributed by atoms with E-state index in [1.54, 1.807) is 13.2 Å². The Kier molecular flexibility index (Phi) is 5.88. The Morgan fingerprint density at radius 1 is 1.35 bits per heavy atom. The summed E-state index contributed by atoms with van der Waals surface area (Å²) in [6.45, 7) is 1.89. The highest BCUT2D eigenvalue weighted by molar-refractivity contribution is 5.21. The summed E-state index contributed by atoms with van der Waals surface area (Å²) in [6, 6.07) is 3.78. The van der Waals surface area contributed by atoms with Gasteiger partial charge in [0, 0.05) is 20.3 Å². The molecule has 1 aliphatic rings. The number of hydrogen-bond acceptors (Lipinski definition) is 3. The van der Waals surface area contributed by atoms with Crippen molar-refractivity contribution in [3.63, 3.8) is 0 Å². The van der Waals surface area contributed by atoms with Crippen LogP contribution in [0.1, 0.15) is 30.9 Å². The first-order valence-electron chi connectivity index (χ1n) is 6.99. The van der Waals surface area contributed by atoms with Crippen LogP contribution in [0.5, 0.6) is 0 Å². The first kappa shape index (κ1) is 15.4. The Bertz CT molecular complexity index is 422. The third-order valence-electron chi connectivity index (χ3n) is 3.55. The van der Waals surface area contributed by atoms with Crippen LogP contribution in [0.25, 0.3) is 0 Å². The molecule has 0 radical (unpaired) electrons. The monoisotopic (exact) mass is 285 g/mol. The minimum atomic E-state index is -0.834. The maximum Gasteiger partial charge on any atom is 0.159 e. The number of benzene rings is 1. The Labute approximate surface area is 118 Å². The standard InChI is InChI=1S/C15H21F2NO2/c1-19-10-15(11-5-6-13(16)14(17)8-11)18-9-12-4-2-3-7-20-12/h5-6,8,12,15,18H,2-4,7,9-10H2,1H3/t12-,15+/m1/s1. The summed E-state index contributed by atoms with van der Waals surface area (Å²) in [4.78, 5) is 0. The van der Waals surface area contributed by atoms with E-state index in [0.29, 0.717) is 18.7 Å². The molecule has 0 aromatic heterocycles. The largest absolute Gasteiger partial charge is 0.383 e. The van der Waals surface area contributed by atoms with Gasteiger partial charge in [-0.25, -0.2) is 8.78 Å².